The van der Waals surface area contributed by atoms with E-state index in [2.05, 4.69) is 15.6 Å². The number of rotatable bonds is 5. The van der Waals surface area contributed by atoms with Crippen molar-refractivity contribution in [3.63, 3.8) is 0 Å². The first kappa shape index (κ1) is 17.9. The van der Waals surface area contributed by atoms with E-state index in [9.17, 15) is 14.4 Å². The molecular formula is C19H16N4O4S. The van der Waals surface area contributed by atoms with Crippen molar-refractivity contribution in [3.8, 4) is 0 Å². The van der Waals surface area contributed by atoms with Crippen LogP contribution in [0.15, 0.2) is 57.3 Å². The van der Waals surface area contributed by atoms with E-state index in [4.69, 9.17) is 4.42 Å². The third-order valence-corrected chi connectivity index (χ3v) is 5.09. The van der Waals surface area contributed by atoms with Crippen LogP contribution in [0.3, 0.4) is 0 Å². The average Bonchev–Trinajstić information content (AvgIpc) is 3.32. The predicted molar refractivity (Wildman–Crippen MR) is 105 cm³/mol. The number of hydrogen-bond donors (Lipinski definition) is 2. The Morgan fingerprint density at radius 1 is 1.18 bits per heavy atom. The Morgan fingerprint density at radius 2 is 2.04 bits per heavy atom. The highest BCUT2D eigenvalue weighted by Crippen LogP contribution is 2.23. The molecule has 0 bridgehead atoms. The number of benzene rings is 1. The van der Waals surface area contributed by atoms with Gasteiger partial charge in [-0.05, 0) is 30.0 Å². The first-order chi connectivity index (χ1) is 13.6. The molecule has 4 rings (SSSR count). The van der Waals surface area contributed by atoms with E-state index < -0.39 is 17.5 Å². The summed E-state index contributed by atoms with van der Waals surface area (Å²) in [6, 6.07) is 10.5. The molecule has 9 heteroatoms. The smallest absolute Gasteiger partial charge is 0.321 e. The minimum absolute atomic E-state index is 0.0805. The quantitative estimate of drug-likeness (QED) is 0.538. The van der Waals surface area contributed by atoms with E-state index >= 15 is 0 Å². The molecule has 4 aromatic rings. The molecule has 0 atom stereocenters. The van der Waals surface area contributed by atoms with Crippen LogP contribution in [0.5, 0.6) is 0 Å². The number of imide groups is 1. The van der Waals surface area contributed by atoms with Crippen LogP contribution < -0.4 is 16.2 Å². The SMILES string of the molecule is O=C(Cn1cnc2c(oc3ccccc32)c1=O)NC(=O)NCCc1cccs1. The highest BCUT2D eigenvalue weighted by Gasteiger charge is 2.15. The number of para-hydroxylation sites is 1. The van der Waals surface area contributed by atoms with Crippen molar-refractivity contribution in [1.82, 2.24) is 20.2 Å². The van der Waals surface area contributed by atoms with E-state index in [1.165, 1.54) is 6.33 Å². The molecule has 0 saturated carbocycles. The molecule has 3 aromatic heterocycles. The van der Waals surface area contributed by atoms with E-state index in [0.717, 1.165) is 14.8 Å². The van der Waals surface area contributed by atoms with Gasteiger partial charge in [0.25, 0.3) is 5.56 Å². The van der Waals surface area contributed by atoms with Crippen LogP contribution >= 0.6 is 11.3 Å². The number of furan rings is 1. The topological polar surface area (TPSA) is 106 Å². The minimum Gasteiger partial charge on any atom is -0.448 e. The summed E-state index contributed by atoms with van der Waals surface area (Å²) in [5, 5.41) is 7.52. The van der Waals surface area contributed by atoms with Gasteiger partial charge in [-0.3, -0.25) is 19.5 Å². The average molecular weight is 396 g/mol. The van der Waals surface area contributed by atoms with Crippen LogP contribution in [0.1, 0.15) is 4.88 Å². The molecule has 0 saturated heterocycles. The number of thiophene rings is 1. The predicted octanol–water partition coefficient (Wildman–Crippen LogP) is 2.27. The monoisotopic (exact) mass is 396 g/mol. The van der Waals surface area contributed by atoms with Gasteiger partial charge in [0.1, 0.15) is 17.6 Å². The number of fused-ring (bicyclic) bond motifs is 3. The van der Waals surface area contributed by atoms with Crippen molar-refractivity contribution in [2.24, 2.45) is 0 Å². The molecule has 2 N–H and O–H groups in total. The van der Waals surface area contributed by atoms with Gasteiger partial charge >= 0.3 is 6.03 Å². The van der Waals surface area contributed by atoms with Crippen molar-refractivity contribution in [1.29, 1.82) is 0 Å². The van der Waals surface area contributed by atoms with Gasteiger partial charge in [0.2, 0.25) is 11.5 Å². The Bertz CT molecular complexity index is 1210. The lowest BCUT2D eigenvalue weighted by atomic mass is 10.2. The highest BCUT2D eigenvalue weighted by molar-refractivity contribution is 7.09. The molecule has 0 aliphatic carbocycles. The van der Waals surface area contributed by atoms with Gasteiger partial charge in [-0.1, -0.05) is 18.2 Å². The largest absolute Gasteiger partial charge is 0.448 e. The molecule has 8 nitrogen and oxygen atoms in total. The van der Waals surface area contributed by atoms with Crippen molar-refractivity contribution in [2.45, 2.75) is 13.0 Å². The van der Waals surface area contributed by atoms with Crippen LogP contribution in [0.2, 0.25) is 0 Å². The van der Waals surface area contributed by atoms with Crippen LogP contribution in [0, 0.1) is 0 Å². The van der Waals surface area contributed by atoms with Crippen LogP contribution in [-0.4, -0.2) is 28.0 Å². The van der Waals surface area contributed by atoms with Crippen molar-refractivity contribution >= 4 is 45.3 Å². The summed E-state index contributed by atoms with van der Waals surface area (Å²) in [6.07, 6.45) is 1.96. The summed E-state index contributed by atoms with van der Waals surface area (Å²) in [6.45, 7) is 0.0727. The molecule has 0 fully saturated rings. The fourth-order valence-corrected chi connectivity index (χ4v) is 3.56. The molecule has 142 valence electrons. The summed E-state index contributed by atoms with van der Waals surface area (Å²) < 4.78 is 6.68. The van der Waals surface area contributed by atoms with Crippen LogP contribution in [0.4, 0.5) is 4.79 Å². The fraction of sp³-hybridized carbons (Fsp3) is 0.158. The highest BCUT2D eigenvalue weighted by atomic mass is 32.1. The second kappa shape index (κ2) is 7.65. The van der Waals surface area contributed by atoms with Gasteiger partial charge in [0.15, 0.2) is 0 Å². The van der Waals surface area contributed by atoms with E-state index in [0.29, 0.717) is 24.1 Å². The summed E-state index contributed by atoms with van der Waals surface area (Å²) in [5.74, 6) is -0.618. The number of nitrogens with zero attached hydrogens (tertiary/aromatic N) is 2. The third kappa shape index (κ3) is 3.65. The first-order valence-corrected chi connectivity index (χ1v) is 9.46. The number of carbonyl (C=O) groups excluding carboxylic acids is 2. The number of nitrogens with one attached hydrogen (secondary N) is 2. The summed E-state index contributed by atoms with van der Waals surface area (Å²) in [4.78, 5) is 41.9. The number of aromatic nitrogens is 2. The Balaban J connectivity index is 1.40. The lowest BCUT2D eigenvalue weighted by Crippen LogP contribution is -2.42. The summed E-state index contributed by atoms with van der Waals surface area (Å²) >= 11 is 1.60. The lowest BCUT2D eigenvalue weighted by molar-refractivity contribution is -0.120. The molecule has 1 aromatic carbocycles. The van der Waals surface area contributed by atoms with Gasteiger partial charge in [-0.25, -0.2) is 9.78 Å². The van der Waals surface area contributed by atoms with Gasteiger partial charge in [-0.15, -0.1) is 11.3 Å². The van der Waals surface area contributed by atoms with E-state index in [1.54, 1.807) is 23.5 Å². The molecule has 28 heavy (non-hydrogen) atoms. The molecule has 3 heterocycles. The standard InChI is InChI=1S/C19H16N4O4S/c24-15(22-19(26)20-8-7-12-4-3-9-28-12)10-23-11-21-16-13-5-1-2-6-14(13)27-17(16)18(23)25/h1-6,9,11H,7-8,10H2,(H2,20,22,24,26). The summed E-state index contributed by atoms with van der Waals surface area (Å²) in [7, 11) is 0. The normalized spacial score (nSPS) is 11.0. The van der Waals surface area contributed by atoms with Crippen LogP contribution in [0.25, 0.3) is 22.1 Å². The molecule has 3 amide bonds. The Morgan fingerprint density at radius 3 is 2.86 bits per heavy atom. The fourth-order valence-electron chi connectivity index (χ4n) is 2.85. The number of urea groups is 1. The van der Waals surface area contributed by atoms with Gasteiger partial charge < -0.3 is 9.73 Å². The minimum atomic E-state index is -0.618. The van der Waals surface area contributed by atoms with E-state index in [-0.39, 0.29) is 12.1 Å². The van der Waals surface area contributed by atoms with Gasteiger partial charge in [0.05, 0.1) is 6.33 Å². The zero-order valence-electron chi connectivity index (χ0n) is 14.7. The Kier molecular flexibility index (Phi) is 4.90. The molecule has 0 aliphatic rings. The second-order valence-corrected chi connectivity index (χ2v) is 7.12. The first-order valence-electron chi connectivity index (χ1n) is 8.58. The number of amides is 3. The maximum Gasteiger partial charge on any atom is 0.321 e. The molecular weight excluding hydrogens is 380 g/mol. The zero-order valence-corrected chi connectivity index (χ0v) is 15.5. The zero-order chi connectivity index (χ0) is 19.5. The van der Waals surface area contributed by atoms with Crippen LogP contribution in [-0.2, 0) is 17.8 Å². The van der Waals surface area contributed by atoms with Crippen molar-refractivity contribution in [2.75, 3.05) is 6.54 Å². The number of carbonyl (C=O) groups is 2. The third-order valence-electron chi connectivity index (χ3n) is 4.15. The molecule has 0 radical (unpaired) electrons. The van der Waals surface area contributed by atoms with Gasteiger partial charge in [0, 0.05) is 16.8 Å². The second-order valence-electron chi connectivity index (χ2n) is 6.09. The van der Waals surface area contributed by atoms with Crippen molar-refractivity contribution < 1.29 is 14.0 Å². The maximum absolute atomic E-state index is 12.6. The van der Waals surface area contributed by atoms with Gasteiger partial charge in [-0.2, -0.15) is 0 Å². The van der Waals surface area contributed by atoms with E-state index in [1.807, 2.05) is 29.6 Å². The number of hydrogen-bond acceptors (Lipinski definition) is 6. The molecule has 0 spiro atoms. The lowest BCUT2D eigenvalue weighted by Gasteiger charge is -2.07. The Labute approximate surface area is 162 Å². The molecule has 0 aliphatic heterocycles. The molecule has 0 unspecified atom stereocenters. The maximum atomic E-state index is 12.6. The summed E-state index contributed by atoms with van der Waals surface area (Å²) in [5.41, 5.74) is 0.601. The Hall–Kier alpha value is -3.46. The van der Waals surface area contributed by atoms with Crippen molar-refractivity contribution in [3.05, 3.63) is 63.3 Å².